The maximum absolute atomic E-state index is 13.2. The van der Waals surface area contributed by atoms with Gasteiger partial charge in [-0.25, -0.2) is 4.39 Å². The van der Waals surface area contributed by atoms with Crippen molar-refractivity contribution in [3.8, 4) is 5.75 Å². The normalized spacial score (nSPS) is 30.0. The van der Waals surface area contributed by atoms with E-state index in [9.17, 15) is 9.18 Å². The summed E-state index contributed by atoms with van der Waals surface area (Å²) in [5.41, 5.74) is 0.932. The van der Waals surface area contributed by atoms with E-state index in [0.29, 0.717) is 18.1 Å². The molecule has 1 aromatic rings. The van der Waals surface area contributed by atoms with E-state index in [1.54, 1.807) is 12.1 Å². The second kappa shape index (κ2) is 4.95. The first kappa shape index (κ1) is 12.6. The summed E-state index contributed by atoms with van der Waals surface area (Å²) in [6.45, 7) is 2.21. The van der Waals surface area contributed by atoms with E-state index in [1.165, 1.54) is 6.07 Å². The number of carbonyl (C=O) groups excluding carboxylic acids is 1. The summed E-state index contributed by atoms with van der Waals surface area (Å²) < 4.78 is 19.0. The van der Waals surface area contributed by atoms with Crippen molar-refractivity contribution in [2.45, 2.75) is 45.1 Å². The Kier molecular flexibility index (Phi) is 3.29. The molecule has 0 bridgehead atoms. The second-order valence-electron chi connectivity index (χ2n) is 5.97. The molecule has 0 radical (unpaired) electrons. The molecule has 0 N–H and O–H groups in total. The minimum atomic E-state index is -0.217. The van der Waals surface area contributed by atoms with Crippen LogP contribution in [0.5, 0.6) is 5.75 Å². The van der Waals surface area contributed by atoms with E-state index in [0.717, 1.165) is 37.0 Å². The topological polar surface area (TPSA) is 26.3 Å². The summed E-state index contributed by atoms with van der Waals surface area (Å²) in [6.07, 6.45) is 4.25. The predicted octanol–water partition coefficient (Wildman–Crippen LogP) is 3.52. The number of fused-ring (bicyclic) bond motifs is 1. The Labute approximate surface area is 113 Å². The van der Waals surface area contributed by atoms with Crippen LogP contribution in [0, 0.1) is 17.7 Å². The highest BCUT2D eigenvalue weighted by Gasteiger charge is 2.32. The van der Waals surface area contributed by atoms with Crippen molar-refractivity contribution in [3.05, 3.63) is 29.6 Å². The molecule has 1 heterocycles. The van der Waals surface area contributed by atoms with Gasteiger partial charge in [0.25, 0.3) is 0 Å². The number of halogens is 1. The Hall–Kier alpha value is -1.38. The van der Waals surface area contributed by atoms with Crippen LogP contribution < -0.4 is 4.74 Å². The van der Waals surface area contributed by atoms with Crippen LogP contribution in [0.4, 0.5) is 4.39 Å². The van der Waals surface area contributed by atoms with Gasteiger partial charge in [0.15, 0.2) is 0 Å². The van der Waals surface area contributed by atoms with Crippen molar-refractivity contribution >= 4 is 5.78 Å². The summed E-state index contributed by atoms with van der Waals surface area (Å²) >= 11 is 0. The molecule has 3 unspecified atom stereocenters. The molecular weight excluding hydrogens is 243 g/mol. The van der Waals surface area contributed by atoms with E-state index in [-0.39, 0.29) is 17.8 Å². The predicted molar refractivity (Wildman–Crippen MR) is 70.6 cm³/mol. The molecule has 102 valence electrons. The van der Waals surface area contributed by atoms with Gasteiger partial charge in [0.2, 0.25) is 0 Å². The third kappa shape index (κ3) is 2.65. The van der Waals surface area contributed by atoms with Gasteiger partial charge in [0.1, 0.15) is 23.5 Å². The lowest BCUT2D eigenvalue weighted by molar-refractivity contribution is -0.126. The minimum absolute atomic E-state index is 0.0380. The molecule has 1 fully saturated rings. The lowest BCUT2D eigenvalue weighted by Gasteiger charge is -2.27. The van der Waals surface area contributed by atoms with Crippen LogP contribution in [0.15, 0.2) is 18.2 Å². The van der Waals surface area contributed by atoms with Crippen molar-refractivity contribution in [1.82, 2.24) is 0 Å². The third-order valence-corrected chi connectivity index (χ3v) is 4.34. The number of hydrogen-bond acceptors (Lipinski definition) is 2. The lowest BCUT2D eigenvalue weighted by Crippen LogP contribution is -2.29. The Morgan fingerprint density at radius 3 is 3.11 bits per heavy atom. The number of benzene rings is 1. The van der Waals surface area contributed by atoms with Gasteiger partial charge < -0.3 is 4.74 Å². The monoisotopic (exact) mass is 262 g/mol. The van der Waals surface area contributed by atoms with Crippen molar-refractivity contribution in [2.75, 3.05) is 0 Å². The van der Waals surface area contributed by atoms with Gasteiger partial charge in [-0.1, -0.05) is 6.92 Å². The minimum Gasteiger partial charge on any atom is -0.490 e. The van der Waals surface area contributed by atoms with Crippen molar-refractivity contribution in [1.29, 1.82) is 0 Å². The van der Waals surface area contributed by atoms with Crippen LogP contribution in [0.25, 0.3) is 0 Å². The van der Waals surface area contributed by atoms with Crippen LogP contribution >= 0.6 is 0 Å². The van der Waals surface area contributed by atoms with E-state index < -0.39 is 0 Å². The largest absolute Gasteiger partial charge is 0.490 e. The molecule has 19 heavy (non-hydrogen) atoms. The van der Waals surface area contributed by atoms with Crippen LogP contribution in [-0.2, 0) is 11.2 Å². The summed E-state index contributed by atoms with van der Waals surface area (Å²) in [6, 6.07) is 4.66. The SMILES string of the molecule is CC1CCC(=O)C(CC2Cc3cc(F)ccc3O2)C1. The number of ketones is 1. The quantitative estimate of drug-likeness (QED) is 0.815. The van der Waals surface area contributed by atoms with Crippen LogP contribution in [-0.4, -0.2) is 11.9 Å². The molecule has 2 nitrogen and oxygen atoms in total. The number of Topliss-reactive ketones (excluding diaryl/α,β-unsaturated/α-hetero) is 1. The highest BCUT2D eigenvalue weighted by Crippen LogP contribution is 2.35. The summed E-state index contributed by atoms with van der Waals surface area (Å²) in [5.74, 6) is 1.70. The molecule has 1 aliphatic heterocycles. The number of carbonyl (C=O) groups is 1. The van der Waals surface area contributed by atoms with Crippen LogP contribution in [0.2, 0.25) is 0 Å². The zero-order chi connectivity index (χ0) is 13.4. The summed E-state index contributed by atoms with van der Waals surface area (Å²) in [4.78, 5) is 11.9. The molecule has 0 spiro atoms. The smallest absolute Gasteiger partial charge is 0.136 e. The van der Waals surface area contributed by atoms with Gasteiger partial charge in [-0.2, -0.15) is 0 Å². The molecule has 0 aromatic heterocycles. The van der Waals surface area contributed by atoms with Crippen molar-refractivity contribution in [3.63, 3.8) is 0 Å². The summed E-state index contributed by atoms with van der Waals surface area (Å²) in [7, 11) is 0. The van der Waals surface area contributed by atoms with Gasteiger partial charge in [0, 0.05) is 24.3 Å². The maximum atomic E-state index is 13.2. The van der Waals surface area contributed by atoms with E-state index in [4.69, 9.17) is 4.74 Å². The molecule has 0 amide bonds. The molecule has 3 rings (SSSR count). The molecule has 0 saturated heterocycles. The molecule has 3 atom stereocenters. The second-order valence-corrected chi connectivity index (χ2v) is 5.97. The molecule has 2 aliphatic rings. The van der Waals surface area contributed by atoms with E-state index in [2.05, 4.69) is 6.92 Å². The zero-order valence-corrected chi connectivity index (χ0v) is 11.2. The Bertz CT molecular complexity index is 498. The fraction of sp³-hybridized carbons (Fsp3) is 0.562. The highest BCUT2D eigenvalue weighted by molar-refractivity contribution is 5.81. The number of ether oxygens (including phenoxy) is 1. The van der Waals surface area contributed by atoms with E-state index >= 15 is 0 Å². The molecular formula is C16H19FO2. The zero-order valence-electron chi connectivity index (χ0n) is 11.2. The van der Waals surface area contributed by atoms with Crippen molar-refractivity contribution in [2.24, 2.45) is 11.8 Å². The number of hydrogen-bond donors (Lipinski definition) is 0. The standard InChI is InChI=1S/C16H19FO2/c1-10-2-4-15(18)11(6-10)8-14-9-12-7-13(17)3-5-16(12)19-14/h3,5,7,10-11,14H,2,4,6,8-9H2,1H3. The molecule has 1 aromatic carbocycles. The molecule has 1 aliphatic carbocycles. The third-order valence-electron chi connectivity index (χ3n) is 4.34. The first-order valence-electron chi connectivity index (χ1n) is 7.09. The Morgan fingerprint density at radius 2 is 2.26 bits per heavy atom. The average molecular weight is 262 g/mol. The van der Waals surface area contributed by atoms with E-state index in [1.807, 2.05) is 0 Å². The van der Waals surface area contributed by atoms with Crippen molar-refractivity contribution < 1.29 is 13.9 Å². The van der Waals surface area contributed by atoms with Crippen LogP contribution in [0.1, 0.15) is 38.2 Å². The van der Waals surface area contributed by atoms with Gasteiger partial charge in [-0.3, -0.25) is 4.79 Å². The summed E-state index contributed by atoms with van der Waals surface area (Å²) in [5, 5.41) is 0. The van der Waals surface area contributed by atoms with Gasteiger partial charge in [-0.05, 0) is 43.4 Å². The fourth-order valence-corrected chi connectivity index (χ4v) is 3.29. The Morgan fingerprint density at radius 1 is 1.42 bits per heavy atom. The van der Waals surface area contributed by atoms with Crippen LogP contribution in [0.3, 0.4) is 0 Å². The average Bonchev–Trinajstić information content (AvgIpc) is 2.75. The molecule has 3 heteroatoms. The fourth-order valence-electron chi connectivity index (χ4n) is 3.29. The van der Waals surface area contributed by atoms with Gasteiger partial charge >= 0.3 is 0 Å². The first-order chi connectivity index (χ1) is 9.11. The lowest BCUT2D eigenvalue weighted by atomic mass is 9.78. The Balaban J connectivity index is 1.65. The number of rotatable bonds is 2. The highest BCUT2D eigenvalue weighted by atomic mass is 19.1. The molecule has 1 saturated carbocycles. The first-order valence-corrected chi connectivity index (χ1v) is 7.09. The maximum Gasteiger partial charge on any atom is 0.136 e. The van der Waals surface area contributed by atoms with Gasteiger partial charge in [-0.15, -0.1) is 0 Å². The van der Waals surface area contributed by atoms with Gasteiger partial charge in [0.05, 0.1) is 0 Å².